The molecule has 10 nitrogen and oxygen atoms in total. The van der Waals surface area contributed by atoms with Crippen LogP contribution in [0.1, 0.15) is 5.56 Å². The van der Waals surface area contributed by atoms with Crippen LogP contribution in [0.2, 0.25) is 0 Å². The van der Waals surface area contributed by atoms with Crippen LogP contribution in [0.5, 0.6) is 5.88 Å². The lowest BCUT2D eigenvalue weighted by atomic mass is 10.1. The van der Waals surface area contributed by atoms with Gasteiger partial charge in [0.15, 0.2) is 11.4 Å². The first kappa shape index (κ1) is 17.5. The summed E-state index contributed by atoms with van der Waals surface area (Å²) >= 11 is 3.38. The molecule has 0 aliphatic rings. The number of nitrogens with one attached hydrogen (secondary N) is 1. The Kier molecular flexibility index (Phi) is 4.38. The van der Waals surface area contributed by atoms with Crippen molar-refractivity contribution >= 4 is 49.6 Å². The Bertz CT molecular complexity index is 1090. The Morgan fingerprint density at radius 1 is 1.12 bits per heavy atom. The lowest BCUT2D eigenvalue weighted by molar-refractivity contribution is -0.393. The van der Waals surface area contributed by atoms with E-state index in [0.717, 1.165) is 28.2 Å². The summed E-state index contributed by atoms with van der Waals surface area (Å²) in [6, 6.07) is 6.57. The number of aromatic amines is 1. The second kappa shape index (κ2) is 6.52. The first-order valence-corrected chi connectivity index (χ1v) is 7.92. The van der Waals surface area contributed by atoms with E-state index >= 15 is 0 Å². The number of aromatic nitrogens is 1. The highest BCUT2D eigenvalue weighted by molar-refractivity contribution is 9.10. The number of aromatic hydroxyl groups is 1. The van der Waals surface area contributed by atoms with Crippen molar-refractivity contribution in [3.05, 3.63) is 60.6 Å². The number of nitro benzene ring substituents is 2. The highest BCUT2D eigenvalue weighted by Gasteiger charge is 2.20. The average molecular weight is 420 g/mol. The molecular weight excluding hydrogens is 410 g/mol. The molecule has 0 amide bonds. The largest absolute Gasteiger partial charge is 0.493 e. The summed E-state index contributed by atoms with van der Waals surface area (Å²) in [6.45, 7) is 1.86. The summed E-state index contributed by atoms with van der Waals surface area (Å²) in [5, 5.41) is 40.2. The molecule has 132 valence electrons. The van der Waals surface area contributed by atoms with Gasteiger partial charge in [0.2, 0.25) is 5.88 Å². The molecule has 0 aliphatic heterocycles. The van der Waals surface area contributed by atoms with Crippen LogP contribution in [0.25, 0.3) is 10.9 Å². The van der Waals surface area contributed by atoms with Crippen LogP contribution < -0.4 is 0 Å². The third-order valence-electron chi connectivity index (χ3n) is 3.66. The molecule has 0 aliphatic carbocycles. The fraction of sp³-hybridized carbons (Fsp3) is 0.0667. The van der Waals surface area contributed by atoms with Crippen LogP contribution in [-0.4, -0.2) is 19.9 Å². The van der Waals surface area contributed by atoms with Gasteiger partial charge in [-0.2, -0.15) is 0 Å². The maximum atomic E-state index is 11.1. The monoisotopic (exact) mass is 419 g/mol. The zero-order valence-electron chi connectivity index (χ0n) is 13.1. The van der Waals surface area contributed by atoms with E-state index in [1.54, 1.807) is 12.1 Å². The SMILES string of the molecule is Cc1cc2c(N=Nc3ccc([N+](=O)[O-])cc3[N+](=O)[O-])c(O)[nH]c2cc1Br. The third kappa shape index (κ3) is 3.11. The molecular formula is C15H10BrN5O5. The molecule has 11 heteroatoms. The number of aryl methyl sites for hydroxylation is 1. The molecule has 0 saturated carbocycles. The number of non-ortho nitro benzene ring substituents is 1. The number of hydrogen-bond donors (Lipinski definition) is 2. The first-order chi connectivity index (χ1) is 12.3. The molecule has 0 spiro atoms. The third-order valence-corrected chi connectivity index (χ3v) is 4.51. The molecule has 2 N–H and O–H groups in total. The smallest absolute Gasteiger partial charge is 0.303 e. The van der Waals surface area contributed by atoms with Gasteiger partial charge in [-0.15, -0.1) is 10.2 Å². The van der Waals surface area contributed by atoms with Crippen LogP contribution in [0.3, 0.4) is 0 Å². The summed E-state index contributed by atoms with van der Waals surface area (Å²) in [5.41, 5.74) is 0.472. The van der Waals surface area contributed by atoms with E-state index in [4.69, 9.17) is 0 Å². The summed E-state index contributed by atoms with van der Waals surface area (Å²) < 4.78 is 0.834. The Morgan fingerprint density at radius 3 is 2.50 bits per heavy atom. The minimum atomic E-state index is -0.780. The fourth-order valence-corrected chi connectivity index (χ4v) is 2.70. The van der Waals surface area contributed by atoms with Gasteiger partial charge in [-0.25, -0.2) is 0 Å². The zero-order chi connectivity index (χ0) is 19.0. The number of benzene rings is 2. The Hall–Kier alpha value is -3.34. The number of hydrogen-bond acceptors (Lipinski definition) is 7. The van der Waals surface area contributed by atoms with Crippen LogP contribution in [-0.2, 0) is 0 Å². The lowest BCUT2D eigenvalue weighted by Crippen LogP contribution is -1.92. The summed E-state index contributed by atoms with van der Waals surface area (Å²) in [6.07, 6.45) is 0. The Balaban J connectivity index is 2.10. The molecule has 2 aromatic carbocycles. The maximum absolute atomic E-state index is 11.1. The number of nitrogens with zero attached hydrogens (tertiary/aromatic N) is 4. The molecule has 3 rings (SSSR count). The van der Waals surface area contributed by atoms with Gasteiger partial charge in [-0.3, -0.25) is 20.2 Å². The molecule has 0 unspecified atom stereocenters. The van der Waals surface area contributed by atoms with Gasteiger partial charge in [0.05, 0.1) is 21.4 Å². The Labute approximate surface area is 153 Å². The van der Waals surface area contributed by atoms with Crippen molar-refractivity contribution in [2.75, 3.05) is 0 Å². The van der Waals surface area contributed by atoms with E-state index in [2.05, 4.69) is 31.1 Å². The van der Waals surface area contributed by atoms with Gasteiger partial charge >= 0.3 is 5.69 Å². The molecule has 3 aromatic rings. The Morgan fingerprint density at radius 2 is 1.85 bits per heavy atom. The van der Waals surface area contributed by atoms with Crippen molar-refractivity contribution < 1.29 is 15.0 Å². The van der Waals surface area contributed by atoms with Gasteiger partial charge in [-0.05, 0) is 30.7 Å². The molecule has 0 saturated heterocycles. The predicted molar refractivity (Wildman–Crippen MR) is 96.3 cm³/mol. The molecule has 0 bridgehead atoms. The van der Waals surface area contributed by atoms with E-state index in [1.807, 2.05) is 6.92 Å². The van der Waals surface area contributed by atoms with Crippen LogP contribution >= 0.6 is 15.9 Å². The number of rotatable bonds is 4. The van der Waals surface area contributed by atoms with E-state index < -0.39 is 21.2 Å². The van der Waals surface area contributed by atoms with E-state index in [0.29, 0.717) is 10.9 Å². The minimum Gasteiger partial charge on any atom is -0.493 e. The topological polar surface area (TPSA) is 147 Å². The van der Waals surface area contributed by atoms with Crippen molar-refractivity contribution in [3.8, 4) is 5.88 Å². The fourth-order valence-electron chi connectivity index (χ4n) is 2.36. The van der Waals surface area contributed by atoms with Crippen molar-refractivity contribution in [2.45, 2.75) is 6.92 Å². The minimum absolute atomic E-state index is 0.114. The van der Waals surface area contributed by atoms with Crippen LogP contribution in [0.4, 0.5) is 22.7 Å². The average Bonchev–Trinajstić information content (AvgIpc) is 2.87. The maximum Gasteiger partial charge on any atom is 0.303 e. The number of nitro groups is 2. The van der Waals surface area contributed by atoms with E-state index in [1.165, 1.54) is 0 Å². The number of halogens is 1. The van der Waals surface area contributed by atoms with Gasteiger partial charge < -0.3 is 10.1 Å². The second-order valence-electron chi connectivity index (χ2n) is 5.36. The number of H-pyrrole nitrogens is 1. The molecule has 1 heterocycles. The molecule has 0 radical (unpaired) electrons. The molecule has 26 heavy (non-hydrogen) atoms. The highest BCUT2D eigenvalue weighted by atomic mass is 79.9. The van der Waals surface area contributed by atoms with Crippen LogP contribution in [0.15, 0.2) is 45.0 Å². The van der Waals surface area contributed by atoms with Crippen molar-refractivity contribution in [3.63, 3.8) is 0 Å². The summed E-state index contributed by atoms with van der Waals surface area (Å²) in [4.78, 5) is 23.1. The normalized spacial score (nSPS) is 11.3. The van der Waals surface area contributed by atoms with Crippen molar-refractivity contribution in [1.29, 1.82) is 0 Å². The second-order valence-corrected chi connectivity index (χ2v) is 6.21. The summed E-state index contributed by atoms with van der Waals surface area (Å²) in [5.74, 6) is -0.245. The standard InChI is InChI=1S/C15H10BrN5O5/c1-7-4-9-12(6-10(7)16)17-15(22)14(9)19-18-11-3-2-8(20(23)24)5-13(11)21(25)26/h2-6,17,22H,1H3. The summed E-state index contributed by atoms with van der Waals surface area (Å²) in [7, 11) is 0. The zero-order valence-corrected chi connectivity index (χ0v) is 14.7. The first-order valence-electron chi connectivity index (χ1n) is 7.13. The van der Waals surface area contributed by atoms with Gasteiger partial charge in [-0.1, -0.05) is 15.9 Å². The lowest BCUT2D eigenvalue weighted by Gasteiger charge is -1.99. The van der Waals surface area contributed by atoms with Crippen molar-refractivity contribution in [1.82, 2.24) is 4.98 Å². The van der Waals surface area contributed by atoms with Crippen molar-refractivity contribution in [2.24, 2.45) is 10.2 Å². The molecule has 0 fully saturated rings. The van der Waals surface area contributed by atoms with Gasteiger partial charge in [0.25, 0.3) is 5.69 Å². The van der Waals surface area contributed by atoms with Gasteiger partial charge in [0.1, 0.15) is 0 Å². The molecule has 0 atom stereocenters. The molecule has 1 aromatic heterocycles. The number of fused-ring (bicyclic) bond motifs is 1. The number of azo groups is 1. The predicted octanol–water partition coefficient (Wildman–Crippen LogP) is 5.18. The van der Waals surface area contributed by atoms with Crippen LogP contribution in [0, 0.1) is 27.2 Å². The van der Waals surface area contributed by atoms with Gasteiger partial charge in [0, 0.05) is 15.9 Å². The van der Waals surface area contributed by atoms with E-state index in [9.17, 15) is 25.3 Å². The van der Waals surface area contributed by atoms with E-state index in [-0.39, 0.29) is 17.3 Å². The quantitative estimate of drug-likeness (QED) is 0.339. The highest BCUT2D eigenvalue weighted by Crippen LogP contribution is 2.39.